The van der Waals surface area contributed by atoms with Gasteiger partial charge in [-0.15, -0.1) is 0 Å². The van der Waals surface area contributed by atoms with Gasteiger partial charge in [-0.1, -0.05) is 30.3 Å². The molecule has 1 fully saturated rings. The number of hydrogen-bond donors (Lipinski definition) is 1. The molecule has 3 rings (SSSR count). The fourth-order valence-electron chi connectivity index (χ4n) is 2.34. The van der Waals surface area contributed by atoms with Crippen molar-refractivity contribution in [2.45, 2.75) is 18.9 Å². The minimum atomic E-state index is 0.231. The van der Waals surface area contributed by atoms with Crippen LogP contribution in [0.25, 0.3) is 0 Å². The van der Waals surface area contributed by atoms with Gasteiger partial charge in [-0.05, 0) is 10.7 Å². The molecule has 1 aromatic carbocycles. The maximum atomic E-state index is 5.61. The summed E-state index contributed by atoms with van der Waals surface area (Å²) in [5, 5.41) is 7.24. The van der Waals surface area contributed by atoms with Gasteiger partial charge in [0, 0.05) is 32.0 Å². The van der Waals surface area contributed by atoms with Gasteiger partial charge >= 0.3 is 0 Å². The predicted octanol–water partition coefficient (Wildman–Crippen LogP) is 2.02. The molecule has 0 saturated carbocycles. The van der Waals surface area contributed by atoms with Gasteiger partial charge in [0.1, 0.15) is 5.76 Å². The van der Waals surface area contributed by atoms with Crippen LogP contribution in [-0.2, 0) is 11.2 Å². The first-order chi connectivity index (χ1) is 10.4. The van der Waals surface area contributed by atoms with Crippen molar-refractivity contribution in [2.24, 2.45) is 0 Å². The molecule has 112 valence electrons. The van der Waals surface area contributed by atoms with Gasteiger partial charge in [-0.2, -0.15) is 0 Å². The lowest BCUT2D eigenvalue weighted by Crippen LogP contribution is -2.39. The first-order valence-electron chi connectivity index (χ1n) is 7.35. The summed E-state index contributed by atoms with van der Waals surface area (Å²) in [4.78, 5) is 0. The van der Waals surface area contributed by atoms with E-state index in [-0.39, 0.29) is 6.10 Å². The molecule has 5 nitrogen and oxygen atoms in total. The number of hydrogen-bond acceptors (Lipinski definition) is 5. The van der Waals surface area contributed by atoms with Gasteiger partial charge in [0.2, 0.25) is 0 Å². The number of nitrogens with zero attached hydrogens (tertiary/aromatic N) is 1. The van der Waals surface area contributed by atoms with Crippen LogP contribution in [0.5, 0.6) is 5.88 Å². The number of ether oxygens (including phenoxy) is 2. The second-order valence-corrected chi connectivity index (χ2v) is 5.13. The summed E-state index contributed by atoms with van der Waals surface area (Å²) in [5.41, 5.74) is 1.20. The van der Waals surface area contributed by atoms with E-state index in [2.05, 4.69) is 22.6 Å². The predicted molar refractivity (Wildman–Crippen MR) is 78.5 cm³/mol. The molecule has 1 unspecified atom stereocenters. The van der Waals surface area contributed by atoms with E-state index in [0.29, 0.717) is 12.5 Å². The van der Waals surface area contributed by atoms with Crippen molar-refractivity contribution < 1.29 is 14.0 Å². The Balaban J connectivity index is 1.44. The standard InChI is InChI=1S/C16H20N2O3/c1-2-4-13(5-3-1)10-15-11-16(18-21-15)20-8-6-14-12-17-7-9-19-14/h1-5,11,14,17H,6-10,12H2. The molecule has 5 heteroatoms. The summed E-state index contributed by atoms with van der Waals surface area (Å²) in [5.74, 6) is 1.36. The fraction of sp³-hybridized carbons (Fsp3) is 0.438. The van der Waals surface area contributed by atoms with Crippen LogP contribution in [0.3, 0.4) is 0 Å². The molecule has 0 aliphatic carbocycles. The van der Waals surface area contributed by atoms with Crippen LogP contribution < -0.4 is 10.1 Å². The molecule has 2 heterocycles. The quantitative estimate of drug-likeness (QED) is 0.881. The second-order valence-electron chi connectivity index (χ2n) is 5.13. The zero-order valence-corrected chi connectivity index (χ0v) is 12.0. The Labute approximate surface area is 124 Å². The zero-order chi connectivity index (χ0) is 14.3. The Hall–Kier alpha value is -1.85. The fourth-order valence-corrected chi connectivity index (χ4v) is 2.34. The van der Waals surface area contributed by atoms with Crippen LogP contribution in [-0.4, -0.2) is 37.6 Å². The van der Waals surface area contributed by atoms with Crippen LogP contribution in [0, 0.1) is 0 Å². The van der Waals surface area contributed by atoms with Crippen molar-refractivity contribution in [3.63, 3.8) is 0 Å². The summed E-state index contributed by atoms with van der Waals surface area (Å²) in [6, 6.07) is 12.0. The molecule has 0 amide bonds. The highest BCUT2D eigenvalue weighted by Gasteiger charge is 2.13. The van der Waals surface area contributed by atoms with Crippen LogP contribution in [0.15, 0.2) is 40.9 Å². The van der Waals surface area contributed by atoms with Crippen molar-refractivity contribution >= 4 is 0 Å². The van der Waals surface area contributed by atoms with Gasteiger partial charge in [0.05, 0.1) is 19.3 Å². The van der Waals surface area contributed by atoms with Crippen molar-refractivity contribution in [3.8, 4) is 5.88 Å². The lowest BCUT2D eigenvalue weighted by molar-refractivity contribution is 0.0154. The van der Waals surface area contributed by atoms with Gasteiger partial charge in [-0.25, -0.2) is 0 Å². The van der Waals surface area contributed by atoms with Crippen LogP contribution in [0.4, 0.5) is 0 Å². The third-order valence-electron chi connectivity index (χ3n) is 3.45. The minimum absolute atomic E-state index is 0.231. The van der Waals surface area contributed by atoms with E-state index >= 15 is 0 Å². The van der Waals surface area contributed by atoms with Crippen molar-refractivity contribution in [1.29, 1.82) is 0 Å². The molecule has 0 spiro atoms. The van der Waals surface area contributed by atoms with E-state index in [9.17, 15) is 0 Å². The van der Waals surface area contributed by atoms with Gasteiger partial charge in [0.25, 0.3) is 5.88 Å². The molecule has 0 bridgehead atoms. The maximum Gasteiger partial charge on any atom is 0.254 e. The highest BCUT2D eigenvalue weighted by Crippen LogP contribution is 2.16. The van der Waals surface area contributed by atoms with Crippen molar-refractivity contribution in [1.82, 2.24) is 10.5 Å². The molecule has 0 radical (unpaired) electrons. The van der Waals surface area contributed by atoms with Crippen LogP contribution in [0.1, 0.15) is 17.7 Å². The van der Waals surface area contributed by atoms with Crippen molar-refractivity contribution in [2.75, 3.05) is 26.3 Å². The van der Waals surface area contributed by atoms with Crippen LogP contribution >= 0.6 is 0 Å². The van der Waals surface area contributed by atoms with E-state index in [1.165, 1.54) is 5.56 Å². The number of nitrogens with one attached hydrogen (secondary N) is 1. The molecular weight excluding hydrogens is 268 g/mol. The Kier molecular flexibility index (Phi) is 4.86. The third kappa shape index (κ3) is 4.31. The molecule has 1 saturated heterocycles. The van der Waals surface area contributed by atoms with E-state index in [4.69, 9.17) is 14.0 Å². The average Bonchev–Trinajstić information content (AvgIpc) is 2.97. The first kappa shape index (κ1) is 14.1. The Morgan fingerprint density at radius 2 is 2.19 bits per heavy atom. The average molecular weight is 288 g/mol. The normalized spacial score (nSPS) is 18.6. The molecule has 2 aromatic rings. The van der Waals surface area contributed by atoms with E-state index in [1.807, 2.05) is 24.3 Å². The zero-order valence-electron chi connectivity index (χ0n) is 12.0. The molecule has 1 aromatic heterocycles. The largest absolute Gasteiger partial charge is 0.475 e. The highest BCUT2D eigenvalue weighted by molar-refractivity contribution is 5.22. The summed E-state index contributed by atoms with van der Waals surface area (Å²) in [7, 11) is 0. The molecule has 21 heavy (non-hydrogen) atoms. The Bertz CT molecular complexity index is 535. The van der Waals surface area contributed by atoms with E-state index in [0.717, 1.165) is 38.3 Å². The minimum Gasteiger partial charge on any atom is -0.475 e. The number of benzene rings is 1. The first-order valence-corrected chi connectivity index (χ1v) is 7.35. The van der Waals surface area contributed by atoms with Gasteiger partial charge in [-0.3, -0.25) is 0 Å². The molecule has 1 aliphatic heterocycles. The highest BCUT2D eigenvalue weighted by atomic mass is 16.5. The number of morpholine rings is 1. The summed E-state index contributed by atoms with van der Waals surface area (Å²) >= 11 is 0. The van der Waals surface area contributed by atoms with E-state index < -0.39 is 0 Å². The van der Waals surface area contributed by atoms with Crippen LogP contribution in [0.2, 0.25) is 0 Å². The lowest BCUT2D eigenvalue weighted by Gasteiger charge is -2.23. The molecule has 1 N–H and O–H groups in total. The molecule has 1 aliphatic rings. The van der Waals surface area contributed by atoms with Gasteiger partial charge < -0.3 is 19.3 Å². The summed E-state index contributed by atoms with van der Waals surface area (Å²) in [6.07, 6.45) is 1.82. The maximum absolute atomic E-state index is 5.61. The topological polar surface area (TPSA) is 56.5 Å². The molecular formula is C16H20N2O3. The Morgan fingerprint density at radius 3 is 3.00 bits per heavy atom. The monoisotopic (exact) mass is 288 g/mol. The summed E-state index contributed by atoms with van der Waals surface area (Å²) in [6.45, 7) is 3.18. The lowest BCUT2D eigenvalue weighted by atomic mass is 10.1. The number of rotatable bonds is 6. The number of aromatic nitrogens is 1. The summed E-state index contributed by atoms with van der Waals surface area (Å²) < 4.78 is 16.5. The molecule has 1 atom stereocenters. The Morgan fingerprint density at radius 1 is 1.29 bits per heavy atom. The third-order valence-corrected chi connectivity index (χ3v) is 3.45. The van der Waals surface area contributed by atoms with Crippen molar-refractivity contribution in [3.05, 3.63) is 47.7 Å². The SMILES string of the molecule is c1ccc(Cc2cc(OCCC3CNCCO3)no2)cc1. The second kappa shape index (κ2) is 7.24. The van der Waals surface area contributed by atoms with E-state index in [1.54, 1.807) is 0 Å². The van der Waals surface area contributed by atoms with Gasteiger partial charge in [0.15, 0.2) is 0 Å². The smallest absolute Gasteiger partial charge is 0.254 e.